The Morgan fingerprint density at radius 3 is 2.48 bits per heavy atom. The van der Waals surface area contributed by atoms with Gasteiger partial charge in [0.05, 0.1) is 22.5 Å². The van der Waals surface area contributed by atoms with Gasteiger partial charge in [0.1, 0.15) is 13.2 Å². The van der Waals surface area contributed by atoms with Crippen LogP contribution in [0.15, 0.2) is 47.4 Å². The van der Waals surface area contributed by atoms with Crippen molar-refractivity contribution >= 4 is 35.3 Å². The van der Waals surface area contributed by atoms with Crippen molar-refractivity contribution in [3.05, 3.63) is 63.0 Å². The second-order valence-corrected chi connectivity index (χ2v) is 7.84. The van der Waals surface area contributed by atoms with Gasteiger partial charge in [-0.25, -0.2) is 9.69 Å². The SMILES string of the molecule is Cc1cc(Cl)c(OCCOC2=CC=C(C3=CCNCC3C(=O)O)CN2C(=O)O)c(Cl)c1. The highest BCUT2D eigenvalue weighted by Gasteiger charge is 2.31. The Morgan fingerprint density at radius 2 is 1.84 bits per heavy atom. The van der Waals surface area contributed by atoms with E-state index < -0.39 is 18.0 Å². The van der Waals surface area contributed by atoms with Gasteiger partial charge in [0.25, 0.3) is 0 Å². The number of carboxylic acid groups (broad SMARTS) is 2. The van der Waals surface area contributed by atoms with Crippen molar-refractivity contribution in [1.29, 1.82) is 0 Å². The lowest BCUT2D eigenvalue weighted by Gasteiger charge is -2.30. The number of rotatable bonds is 7. The molecule has 2 aliphatic heterocycles. The molecule has 3 rings (SSSR count). The second-order valence-electron chi connectivity index (χ2n) is 7.03. The van der Waals surface area contributed by atoms with E-state index >= 15 is 0 Å². The molecular formula is C21H22Cl2N2O6. The predicted molar refractivity (Wildman–Crippen MR) is 116 cm³/mol. The Bertz CT molecular complexity index is 950. The van der Waals surface area contributed by atoms with E-state index in [-0.39, 0.29) is 25.6 Å². The summed E-state index contributed by atoms with van der Waals surface area (Å²) in [4.78, 5) is 24.3. The Morgan fingerprint density at radius 1 is 1.16 bits per heavy atom. The van der Waals surface area contributed by atoms with E-state index in [0.717, 1.165) is 10.5 Å². The molecule has 1 atom stereocenters. The number of hydrogen-bond acceptors (Lipinski definition) is 5. The number of nitrogens with zero attached hydrogens (tertiary/aromatic N) is 1. The fourth-order valence-electron chi connectivity index (χ4n) is 3.39. The minimum absolute atomic E-state index is 0.00669. The number of benzene rings is 1. The summed E-state index contributed by atoms with van der Waals surface area (Å²) in [7, 11) is 0. The molecule has 0 spiro atoms. The molecule has 3 N–H and O–H groups in total. The minimum atomic E-state index is -1.20. The monoisotopic (exact) mass is 468 g/mol. The van der Waals surface area contributed by atoms with Crippen molar-refractivity contribution in [2.75, 3.05) is 32.8 Å². The van der Waals surface area contributed by atoms with Crippen molar-refractivity contribution in [1.82, 2.24) is 10.2 Å². The number of carboxylic acids is 1. The van der Waals surface area contributed by atoms with E-state index in [0.29, 0.717) is 40.0 Å². The van der Waals surface area contributed by atoms with Crippen LogP contribution in [0.3, 0.4) is 0 Å². The number of aliphatic carboxylic acids is 1. The summed E-state index contributed by atoms with van der Waals surface area (Å²) in [6, 6.07) is 3.46. The zero-order chi connectivity index (χ0) is 22.5. The zero-order valence-electron chi connectivity index (χ0n) is 16.7. The molecule has 1 unspecified atom stereocenters. The lowest BCUT2D eigenvalue weighted by atomic mass is 9.88. The van der Waals surface area contributed by atoms with Crippen LogP contribution in [-0.2, 0) is 9.53 Å². The van der Waals surface area contributed by atoms with Gasteiger partial charge in [-0.05, 0) is 41.8 Å². The number of halogens is 2. The van der Waals surface area contributed by atoms with Crippen LogP contribution in [0.25, 0.3) is 0 Å². The molecular weight excluding hydrogens is 447 g/mol. The van der Waals surface area contributed by atoms with Crippen molar-refractivity contribution < 1.29 is 29.3 Å². The molecule has 0 fully saturated rings. The van der Waals surface area contributed by atoms with Gasteiger partial charge in [-0.15, -0.1) is 0 Å². The Hall–Kier alpha value is -2.68. The van der Waals surface area contributed by atoms with Crippen LogP contribution in [0.4, 0.5) is 4.79 Å². The maximum absolute atomic E-state index is 11.7. The van der Waals surface area contributed by atoms with Crippen LogP contribution in [0.1, 0.15) is 5.56 Å². The van der Waals surface area contributed by atoms with Gasteiger partial charge >= 0.3 is 12.1 Å². The molecule has 1 aromatic carbocycles. The van der Waals surface area contributed by atoms with Gasteiger partial charge in [-0.3, -0.25) is 4.79 Å². The quantitative estimate of drug-likeness (QED) is 0.523. The molecule has 0 bridgehead atoms. The first kappa shape index (κ1) is 23.0. The number of aryl methyl sites for hydroxylation is 1. The molecule has 0 saturated heterocycles. The fraction of sp³-hybridized carbons (Fsp3) is 0.333. The molecule has 0 aliphatic carbocycles. The van der Waals surface area contributed by atoms with Gasteiger partial charge in [0.15, 0.2) is 11.6 Å². The third-order valence-electron chi connectivity index (χ3n) is 4.83. The second kappa shape index (κ2) is 10.1. The third-order valence-corrected chi connectivity index (χ3v) is 5.40. The molecule has 0 aromatic heterocycles. The Kier molecular flexibility index (Phi) is 7.48. The molecule has 166 valence electrons. The van der Waals surface area contributed by atoms with Gasteiger partial charge in [0, 0.05) is 13.1 Å². The number of allylic oxidation sites excluding steroid dienone is 2. The minimum Gasteiger partial charge on any atom is -0.487 e. The lowest BCUT2D eigenvalue weighted by molar-refractivity contribution is -0.140. The van der Waals surface area contributed by atoms with Crippen molar-refractivity contribution in [3.63, 3.8) is 0 Å². The van der Waals surface area contributed by atoms with E-state index in [4.69, 9.17) is 32.7 Å². The summed E-state index contributed by atoms with van der Waals surface area (Å²) < 4.78 is 11.2. The molecule has 8 nitrogen and oxygen atoms in total. The van der Waals surface area contributed by atoms with Crippen molar-refractivity contribution in [3.8, 4) is 5.75 Å². The molecule has 0 saturated carbocycles. The average Bonchev–Trinajstić information content (AvgIpc) is 2.72. The molecule has 1 aromatic rings. The van der Waals surface area contributed by atoms with Gasteiger partial charge in [-0.2, -0.15) is 0 Å². The maximum atomic E-state index is 11.7. The van der Waals surface area contributed by atoms with E-state index in [1.165, 1.54) is 6.08 Å². The molecule has 0 radical (unpaired) electrons. The van der Waals surface area contributed by atoms with E-state index in [2.05, 4.69) is 5.32 Å². The highest BCUT2D eigenvalue weighted by Crippen LogP contribution is 2.34. The zero-order valence-corrected chi connectivity index (χ0v) is 18.2. The summed E-state index contributed by atoms with van der Waals surface area (Å²) in [5.74, 6) is -1.23. The van der Waals surface area contributed by atoms with Crippen LogP contribution in [0, 0.1) is 12.8 Å². The largest absolute Gasteiger partial charge is 0.487 e. The number of hydrogen-bond donors (Lipinski definition) is 3. The summed E-state index contributed by atoms with van der Waals surface area (Å²) in [5.41, 5.74) is 2.14. The van der Waals surface area contributed by atoms with Crippen LogP contribution in [-0.4, -0.2) is 60.0 Å². The first-order valence-electron chi connectivity index (χ1n) is 9.54. The summed E-state index contributed by atoms with van der Waals surface area (Å²) in [5, 5.41) is 22.8. The van der Waals surface area contributed by atoms with Gasteiger partial charge < -0.3 is 25.0 Å². The topological polar surface area (TPSA) is 108 Å². The van der Waals surface area contributed by atoms with Gasteiger partial charge in [-0.1, -0.05) is 35.4 Å². The maximum Gasteiger partial charge on any atom is 0.414 e. The standard InChI is InChI=1S/C21H22Cl2N2O6/c1-12-8-16(22)19(17(23)9-12)31-7-6-30-18-3-2-13(11-25(18)21(28)29)14-4-5-24-10-15(14)20(26)27/h2-4,8-9,15,24H,5-7,10-11H2,1H3,(H,26,27)(H,28,29). The summed E-state index contributed by atoms with van der Waals surface area (Å²) >= 11 is 12.3. The van der Waals surface area contributed by atoms with Crippen LogP contribution >= 0.6 is 23.2 Å². The number of carbonyl (C=O) groups is 2. The van der Waals surface area contributed by atoms with E-state index in [9.17, 15) is 19.8 Å². The van der Waals surface area contributed by atoms with Crippen molar-refractivity contribution in [2.45, 2.75) is 6.92 Å². The number of amides is 1. The fourth-order valence-corrected chi connectivity index (χ4v) is 4.10. The smallest absolute Gasteiger partial charge is 0.414 e. The molecule has 2 heterocycles. The number of nitrogens with one attached hydrogen (secondary N) is 1. The predicted octanol–water partition coefficient (Wildman–Crippen LogP) is 3.69. The third kappa shape index (κ3) is 5.52. The number of ether oxygens (including phenoxy) is 2. The van der Waals surface area contributed by atoms with Crippen LogP contribution in [0.5, 0.6) is 5.75 Å². The average molecular weight is 469 g/mol. The van der Waals surface area contributed by atoms with E-state index in [1.807, 2.05) is 6.92 Å². The Balaban J connectivity index is 1.67. The molecule has 31 heavy (non-hydrogen) atoms. The normalized spacial score (nSPS) is 18.6. The summed E-state index contributed by atoms with van der Waals surface area (Å²) in [6.07, 6.45) is 3.78. The van der Waals surface area contributed by atoms with E-state index in [1.54, 1.807) is 24.3 Å². The first-order chi connectivity index (χ1) is 14.8. The van der Waals surface area contributed by atoms with Crippen LogP contribution < -0.4 is 10.1 Å². The summed E-state index contributed by atoms with van der Waals surface area (Å²) in [6.45, 7) is 2.83. The lowest BCUT2D eigenvalue weighted by Crippen LogP contribution is -2.39. The molecule has 2 aliphatic rings. The van der Waals surface area contributed by atoms with Gasteiger partial charge in [0.2, 0.25) is 0 Å². The molecule has 1 amide bonds. The van der Waals surface area contributed by atoms with Crippen molar-refractivity contribution in [2.24, 2.45) is 5.92 Å². The highest BCUT2D eigenvalue weighted by molar-refractivity contribution is 6.37. The first-order valence-corrected chi connectivity index (χ1v) is 10.3. The molecule has 10 heteroatoms. The van der Waals surface area contributed by atoms with Crippen LogP contribution in [0.2, 0.25) is 10.0 Å². The highest BCUT2D eigenvalue weighted by atomic mass is 35.5. The Labute approximate surface area is 189 Å².